The third-order valence-corrected chi connectivity index (χ3v) is 3.11. The Balaban J connectivity index is 1.94. The number of carbonyl (C=O) groups excluding carboxylic acids is 1. The first-order valence-corrected chi connectivity index (χ1v) is 6.07. The van der Waals surface area contributed by atoms with Gasteiger partial charge in [0.2, 0.25) is 0 Å². The van der Waals surface area contributed by atoms with Crippen molar-refractivity contribution in [2.75, 3.05) is 6.54 Å². The van der Waals surface area contributed by atoms with E-state index in [1.807, 2.05) is 30.3 Å². The van der Waals surface area contributed by atoms with E-state index in [1.165, 1.54) is 0 Å². The fourth-order valence-electron chi connectivity index (χ4n) is 2.15. The topological polar surface area (TPSA) is 89.9 Å². The quantitative estimate of drug-likeness (QED) is 0.738. The predicted molar refractivity (Wildman–Crippen MR) is 67.4 cm³/mol. The summed E-state index contributed by atoms with van der Waals surface area (Å²) in [5, 5.41) is 21.1. The van der Waals surface area contributed by atoms with Crippen molar-refractivity contribution < 1.29 is 19.8 Å². The van der Waals surface area contributed by atoms with Gasteiger partial charge in [-0.15, -0.1) is 0 Å². The molecule has 6 heteroatoms. The Hall–Kier alpha value is -2.08. The van der Waals surface area contributed by atoms with Crippen molar-refractivity contribution in [1.29, 1.82) is 0 Å². The number of β-amino-alcohol motifs (C(OH)–C–C–N with tert-alkyl or cyclic N) is 1. The van der Waals surface area contributed by atoms with Gasteiger partial charge in [-0.3, -0.25) is 0 Å². The summed E-state index contributed by atoms with van der Waals surface area (Å²) in [6, 6.07) is 7.92. The van der Waals surface area contributed by atoms with E-state index in [2.05, 4.69) is 5.32 Å². The molecule has 1 unspecified atom stereocenters. The van der Waals surface area contributed by atoms with Crippen LogP contribution in [0.4, 0.5) is 4.79 Å². The second-order valence-electron chi connectivity index (χ2n) is 4.54. The van der Waals surface area contributed by atoms with Crippen LogP contribution in [0, 0.1) is 0 Å². The van der Waals surface area contributed by atoms with Crippen LogP contribution < -0.4 is 5.32 Å². The molecule has 0 saturated carbocycles. The summed E-state index contributed by atoms with van der Waals surface area (Å²) in [4.78, 5) is 24.1. The molecule has 0 spiro atoms. The molecule has 0 bridgehead atoms. The van der Waals surface area contributed by atoms with Crippen LogP contribution in [0.25, 0.3) is 0 Å². The smallest absolute Gasteiger partial charge is 0.326 e. The zero-order valence-corrected chi connectivity index (χ0v) is 10.3. The molecular weight excluding hydrogens is 248 g/mol. The van der Waals surface area contributed by atoms with Crippen molar-refractivity contribution in [1.82, 2.24) is 10.2 Å². The molecule has 102 valence electrons. The van der Waals surface area contributed by atoms with Crippen molar-refractivity contribution in [2.24, 2.45) is 0 Å². The second-order valence-corrected chi connectivity index (χ2v) is 4.54. The molecule has 1 aliphatic rings. The third kappa shape index (κ3) is 3.23. The maximum Gasteiger partial charge on any atom is 0.326 e. The minimum Gasteiger partial charge on any atom is -0.480 e. The Morgan fingerprint density at radius 3 is 2.63 bits per heavy atom. The van der Waals surface area contributed by atoms with Gasteiger partial charge in [0.15, 0.2) is 0 Å². The van der Waals surface area contributed by atoms with Crippen molar-refractivity contribution in [3.63, 3.8) is 0 Å². The summed E-state index contributed by atoms with van der Waals surface area (Å²) in [6.45, 7) is 0.385. The zero-order valence-electron chi connectivity index (χ0n) is 10.3. The lowest BCUT2D eigenvalue weighted by Gasteiger charge is -2.21. The van der Waals surface area contributed by atoms with Gasteiger partial charge in [0, 0.05) is 19.5 Å². The summed E-state index contributed by atoms with van der Waals surface area (Å²) in [6.07, 6.45) is -0.697. The van der Waals surface area contributed by atoms with Crippen LogP contribution in [0.1, 0.15) is 12.0 Å². The van der Waals surface area contributed by atoms with Crippen LogP contribution in [0.15, 0.2) is 30.3 Å². The summed E-state index contributed by atoms with van der Waals surface area (Å²) < 4.78 is 0. The van der Waals surface area contributed by atoms with Crippen molar-refractivity contribution in [2.45, 2.75) is 25.1 Å². The number of hydrogen-bond acceptors (Lipinski definition) is 3. The number of nitrogens with one attached hydrogen (secondary N) is 1. The Kier molecular flexibility index (Phi) is 4.01. The van der Waals surface area contributed by atoms with Gasteiger partial charge >= 0.3 is 12.0 Å². The number of benzene rings is 1. The standard InChI is InChI=1S/C13H16N2O4/c16-10-6-11(12(17)18)15(8-10)13(19)14-7-9-4-2-1-3-5-9/h1-5,10-11,16H,6-8H2,(H,14,19)(H,17,18)/t10?,11-/m0/s1. The van der Waals surface area contributed by atoms with Crippen LogP contribution >= 0.6 is 0 Å². The Labute approximate surface area is 110 Å². The minimum atomic E-state index is -1.09. The molecule has 2 atom stereocenters. The summed E-state index contributed by atoms with van der Waals surface area (Å²) >= 11 is 0. The lowest BCUT2D eigenvalue weighted by molar-refractivity contribution is -0.141. The van der Waals surface area contributed by atoms with Gasteiger partial charge < -0.3 is 20.4 Å². The van der Waals surface area contributed by atoms with Crippen molar-refractivity contribution in [3.05, 3.63) is 35.9 Å². The largest absolute Gasteiger partial charge is 0.480 e. The average molecular weight is 264 g/mol. The molecule has 6 nitrogen and oxygen atoms in total. The molecule has 3 N–H and O–H groups in total. The molecule has 1 heterocycles. The molecule has 1 aromatic rings. The van der Waals surface area contributed by atoms with E-state index >= 15 is 0 Å². The Morgan fingerprint density at radius 1 is 1.32 bits per heavy atom. The highest BCUT2D eigenvalue weighted by Crippen LogP contribution is 2.18. The number of aliphatic hydroxyl groups excluding tert-OH is 1. The number of nitrogens with zero attached hydrogens (tertiary/aromatic N) is 1. The monoisotopic (exact) mass is 264 g/mol. The van der Waals surface area contributed by atoms with Gasteiger partial charge in [0.05, 0.1) is 6.10 Å². The number of rotatable bonds is 3. The first-order valence-electron chi connectivity index (χ1n) is 6.07. The van der Waals surface area contributed by atoms with Crippen molar-refractivity contribution >= 4 is 12.0 Å². The normalized spacial score (nSPS) is 22.3. The highest BCUT2D eigenvalue weighted by molar-refractivity contribution is 5.83. The molecular formula is C13H16N2O4. The lowest BCUT2D eigenvalue weighted by atomic mass is 10.2. The van der Waals surface area contributed by atoms with Gasteiger partial charge in [0.25, 0.3) is 0 Å². The molecule has 1 fully saturated rings. The summed E-state index contributed by atoms with van der Waals surface area (Å²) in [5.41, 5.74) is 0.933. The number of amides is 2. The van der Waals surface area contributed by atoms with Gasteiger partial charge in [-0.1, -0.05) is 30.3 Å². The SMILES string of the molecule is O=C(O)[C@@H]1CC(O)CN1C(=O)NCc1ccccc1. The predicted octanol–water partition coefficient (Wildman–Crippen LogP) is 0.416. The van der Waals surface area contributed by atoms with Gasteiger partial charge in [-0.05, 0) is 5.56 Å². The second kappa shape index (κ2) is 5.71. The van der Waals surface area contributed by atoms with Crippen LogP contribution in [0.5, 0.6) is 0 Å². The zero-order chi connectivity index (χ0) is 13.8. The fraction of sp³-hybridized carbons (Fsp3) is 0.385. The molecule has 1 aromatic carbocycles. The van der Waals surface area contributed by atoms with Gasteiger partial charge in [0.1, 0.15) is 6.04 Å². The van der Waals surface area contributed by atoms with Crippen LogP contribution in [-0.4, -0.2) is 45.8 Å². The van der Waals surface area contributed by atoms with E-state index in [0.29, 0.717) is 6.54 Å². The van der Waals surface area contributed by atoms with Crippen molar-refractivity contribution in [3.8, 4) is 0 Å². The number of likely N-dealkylation sites (tertiary alicyclic amines) is 1. The molecule has 1 saturated heterocycles. The van der Waals surface area contributed by atoms with Gasteiger partial charge in [-0.2, -0.15) is 0 Å². The average Bonchev–Trinajstić information content (AvgIpc) is 2.79. The number of carboxylic acid groups (broad SMARTS) is 1. The maximum atomic E-state index is 11.9. The maximum absolute atomic E-state index is 11.9. The molecule has 2 rings (SSSR count). The Bertz CT molecular complexity index is 463. The molecule has 2 amide bonds. The Morgan fingerprint density at radius 2 is 2.00 bits per heavy atom. The first kappa shape index (κ1) is 13.4. The molecule has 0 aliphatic carbocycles. The molecule has 0 radical (unpaired) electrons. The highest BCUT2D eigenvalue weighted by Gasteiger charge is 2.38. The number of aliphatic hydroxyl groups is 1. The number of aliphatic carboxylic acids is 1. The molecule has 0 aromatic heterocycles. The number of carbonyl (C=O) groups is 2. The van der Waals surface area contributed by atoms with Crippen LogP contribution in [-0.2, 0) is 11.3 Å². The first-order chi connectivity index (χ1) is 9.08. The van der Waals surface area contributed by atoms with Crippen LogP contribution in [0.3, 0.4) is 0 Å². The third-order valence-electron chi connectivity index (χ3n) is 3.11. The van der Waals surface area contributed by atoms with Crippen LogP contribution in [0.2, 0.25) is 0 Å². The molecule has 1 aliphatic heterocycles. The lowest BCUT2D eigenvalue weighted by Crippen LogP contribution is -2.45. The van der Waals surface area contributed by atoms with E-state index in [0.717, 1.165) is 10.5 Å². The van der Waals surface area contributed by atoms with Gasteiger partial charge in [-0.25, -0.2) is 9.59 Å². The molecule has 19 heavy (non-hydrogen) atoms. The summed E-state index contributed by atoms with van der Waals surface area (Å²) in [7, 11) is 0. The number of hydrogen-bond donors (Lipinski definition) is 3. The van der Waals surface area contributed by atoms with E-state index < -0.39 is 24.1 Å². The van der Waals surface area contributed by atoms with E-state index in [-0.39, 0.29) is 13.0 Å². The minimum absolute atomic E-state index is 0.0532. The van der Waals surface area contributed by atoms with E-state index in [9.17, 15) is 14.7 Å². The summed E-state index contributed by atoms with van der Waals surface area (Å²) in [5.74, 6) is -1.09. The van der Waals surface area contributed by atoms with E-state index in [1.54, 1.807) is 0 Å². The number of urea groups is 1. The van der Waals surface area contributed by atoms with E-state index in [4.69, 9.17) is 5.11 Å². The number of carboxylic acids is 1. The fourth-order valence-corrected chi connectivity index (χ4v) is 2.15. The highest BCUT2D eigenvalue weighted by atomic mass is 16.4.